The molecule has 0 fully saturated rings. The van der Waals surface area contributed by atoms with Crippen LogP contribution in [0.5, 0.6) is 0 Å². The molecule has 3 rings (SSSR count). The molecule has 0 spiro atoms. The predicted octanol–water partition coefficient (Wildman–Crippen LogP) is 3.46. The van der Waals surface area contributed by atoms with Crippen molar-refractivity contribution in [1.82, 2.24) is 4.98 Å². The number of hydrogen-bond acceptors (Lipinski definition) is 5. The highest BCUT2D eigenvalue weighted by atomic mass is 32.1. The average molecular weight is 314 g/mol. The summed E-state index contributed by atoms with van der Waals surface area (Å²) in [6.07, 6.45) is 1.41. The number of carbonyl (C=O) groups is 1. The molecule has 0 saturated carbocycles. The number of aliphatic hydroxyl groups excluding tert-OH is 1. The van der Waals surface area contributed by atoms with E-state index in [4.69, 9.17) is 9.52 Å². The second kappa shape index (κ2) is 6.13. The minimum atomic E-state index is -0.267. The van der Waals surface area contributed by atoms with Gasteiger partial charge in [0.1, 0.15) is 12.0 Å². The van der Waals surface area contributed by atoms with Crippen molar-refractivity contribution in [2.45, 2.75) is 13.5 Å². The standard InChI is InChI=1S/C16H14N2O3S/c1-10-17-14(9-22-10)15-6-12(8-21-15)16(20)18-13-4-2-3-11(5-13)7-19/h2-6,8-9,19H,7H2,1H3,(H,18,20). The molecule has 0 bridgehead atoms. The van der Waals surface area contributed by atoms with Gasteiger partial charge in [-0.2, -0.15) is 0 Å². The molecule has 1 aromatic carbocycles. The van der Waals surface area contributed by atoms with Crippen molar-refractivity contribution < 1.29 is 14.3 Å². The number of hydrogen-bond donors (Lipinski definition) is 2. The number of aryl methyl sites for hydroxylation is 1. The quantitative estimate of drug-likeness (QED) is 0.773. The lowest BCUT2D eigenvalue weighted by molar-refractivity contribution is 0.102. The van der Waals surface area contributed by atoms with Crippen molar-refractivity contribution >= 4 is 22.9 Å². The lowest BCUT2D eigenvalue weighted by atomic mass is 10.2. The Morgan fingerprint density at radius 1 is 1.41 bits per heavy atom. The Morgan fingerprint density at radius 3 is 3.00 bits per heavy atom. The molecule has 22 heavy (non-hydrogen) atoms. The summed E-state index contributed by atoms with van der Waals surface area (Å²) in [4.78, 5) is 16.5. The Hall–Kier alpha value is -2.44. The SMILES string of the molecule is Cc1nc(-c2cc(C(=O)Nc3cccc(CO)c3)co2)cs1. The van der Waals surface area contributed by atoms with Crippen molar-refractivity contribution in [2.75, 3.05) is 5.32 Å². The first-order chi connectivity index (χ1) is 10.7. The van der Waals surface area contributed by atoms with Crippen molar-refractivity contribution in [3.63, 3.8) is 0 Å². The largest absolute Gasteiger partial charge is 0.462 e. The van der Waals surface area contributed by atoms with E-state index in [9.17, 15) is 4.79 Å². The van der Waals surface area contributed by atoms with Crippen LogP contribution in [0.3, 0.4) is 0 Å². The maximum atomic E-state index is 12.2. The highest BCUT2D eigenvalue weighted by Crippen LogP contribution is 2.24. The summed E-state index contributed by atoms with van der Waals surface area (Å²) < 4.78 is 5.41. The summed E-state index contributed by atoms with van der Waals surface area (Å²) >= 11 is 1.53. The van der Waals surface area contributed by atoms with Crippen LogP contribution in [0.1, 0.15) is 20.9 Å². The second-order valence-electron chi connectivity index (χ2n) is 4.76. The molecule has 0 atom stereocenters. The van der Waals surface area contributed by atoms with Crippen molar-refractivity contribution in [3.8, 4) is 11.5 Å². The highest BCUT2D eigenvalue weighted by molar-refractivity contribution is 7.09. The molecular weight excluding hydrogens is 300 g/mol. The summed E-state index contributed by atoms with van der Waals surface area (Å²) in [5.74, 6) is 0.302. The van der Waals surface area contributed by atoms with Crippen LogP contribution in [0.4, 0.5) is 5.69 Å². The number of thiazole rings is 1. The van der Waals surface area contributed by atoms with Gasteiger partial charge in [-0.15, -0.1) is 11.3 Å². The van der Waals surface area contributed by atoms with Crippen molar-refractivity contribution in [3.05, 3.63) is 58.1 Å². The fourth-order valence-corrected chi connectivity index (χ4v) is 2.62. The third kappa shape index (κ3) is 3.08. The van der Waals surface area contributed by atoms with Gasteiger partial charge in [-0.05, 0) is 30.7 Å². The Kier molecular flexibility index (Phi) is 4.04. The molecule has 0 aliphatic heterocycles. The first-order valence-electron chi connectivity index (χ1n) is 6.68. The number of amides is 1. The van der Waals surface area contributed by atoms with Gasteiger partial charge >= 0.3 is 0 Å². The minimum absolute atomic E-state index is 0.0667. The minimum Gasteiger partial charge on any atom is -0.462 e. The maximum absolute atomic E-state index is 12.2. The van der Waals surface area contributed by atoms with Gasteiger partial charge in [0.2, 0.25) is 0 Å². The summed E-state index contributed by atoms with van der Waals surface area (Å²) in [6, 6.07) is 8.72. The van der Waals surface area contributed by atoms with E-state index in [0.717, 1.165) is 16.3 Å². The number of nitrogens with zero attached hydrogens (tertiary/aromatic N) is 1. The van der Waals surface area contributed by atoms with Gasteiger partial charge in [0.25, 0.3) is 5.91 Å². The number of rotatable bonds is 4. The van der Waals surface area contributed by atoms with E-state index in [1.807, 2.05) is 12.3 Å². The molecule has 0 saturated heterocycles. The molecule has 6 heteroatoms. The topological polar surface area (TPSA) is 75.4 Å². The summed E-state index contributed by atoms with van der Waals surface area (Å²) in [5.41, 5.74) is 2.52. The maximum Gasteiger partial charge on any atom is 0.258 e. The highest BCUT2D eigenvalue weighted by Gasteiger charge is 2.13. The molecule has 2 aromatic heterocycles. The van der Waals surface area contributed by atoms with Crippen LogP contribution >= 0.6 is 11.3 Å². The third-order valence-corrected chi connectivity index (χ3v) is 3.87. The Balaban J connectivity index is 1.76. The fraction of sp³-hybridized carbons (Fsp3) is 0.125. The van der Waals surface area contributed by atoms with Gasteiger partial charge in [-0.1, -0.05) is 12.1 Å². The molecule has 2 heterocycles. The molecule has 112 valence electrons. The predicted molar refractivity (Wildman–Crippen MR) is 84.9 cm³/mol. The van der Waals surface area contributed by atoms with Crippen LogP contribution in [-0.2, 0) is 6.61 Å². The molecule has 5 nitrogen and oxygen atoms in total. The number of carbonyl (C=O) groups excluding carboxylic acids is 1. The normalized spacial score (nSPS) is 10.6. The van der Waals surface area contributed by atoms with Crippen LogP contribution < -0.4 is 5.32 Å². The van der Waals surface area contributed by atoms with E-state index < -0.39 is 0 Å². The zero-order valence-corrected chi connectivity index (χ0v) is 12.7. The number of furan rings is 1. The monoisotopic (exact) mass is 314 g/mol. The molecule has 3 aromatic rings. The second-order valence-corrected chi connectivity index (χ2v) is 5.83. The number of anilines is 1. The van der Waals surface area contributed by atoms with E-state index in [2.05, 4.69) is 10.3 Å². The summed E-state index contributed by atoms with van der Waals surface area (Å²) in [6.45, 7) is 1.85. The molecule has 0 unspecified atom stereocenters. The van der Waals surface area contributed by atoms with E-state index in [1.165, 1.54) is 17.6 Å². The van der Waals surface area contributed by atoms with Crippen LogP contribution in [0, 0.1) is 6.92 Å². The van der Waals surface area contributed by atoms with Crippen LogP contribution in [0.15, 0.2) is 46.4 Å². The van der Waals surface area contributed by atoms with Gasteiger partial charge in [0.15, 0.2) is 5.76 Å². The molecule has 0 aliphatic rings. The Labute approximate surface area is 131 Å². The lowest BCUT2D eigenvalue weighted by Gasteiger charge is -2.04. The summed E-state index contributed by atoms with van der Waals surface area (Å²) in [5, 5.41) is 14.7. The molecular formula is C16H14N2O3S. The smallest absolute Gasteiger partial charge is 0.258 e. The van der Waals surface area contributed by atoms with Gasteiger partial charge in [-0.3, -0.25) is 4.79 Å². The van der Waals surface area contributed by atoms with E-state index in [1.54, 1.807) is 30.3 Å². The molecule has 0 aliphatic carbocycles. The van der Waals surface area contributed by atoms with Gasteiger partial charge in [0, 0.05) is 11.1 Å². The third-order valence-electron chi connectivity index (χ3n) is 3.10. The molecule has 2 N–H and O–H groups in total. The average Bonchev–Trinajstić information content (AvgIpc) is 3.16. The van der Waals surface area contributed by atoms with E-state index in [-0.39, 0.29) is 12.5 Å². The lowest BCUT2D eigenvalue weighted by Crippen LogP contribution is -2.10. The Morgan fingerprint density at radius 2 is 2.27 bits per heavy atom. The van der Waals surface area contributed by atoms with Crippen LogP contribution in [0.25, 0.3) is 11.5 Å². The first kappa shape index (κ1) is 14.5. The van der Waals surface area contributed by atoms with E-state index in [0.29, 0.717) is 17.0 Å². The van der Waals surface area contributed by atoms with Crippen molar-refractivity contribution in [2.24, 2.45) is 0 Å². The zero-order chi connectivity index (χ0) is 15.5. The fourth-order valence-electron chi connectivity index (χ4n) is 2.02. The number of benzene rings is 1. The van der Waals surface area contributed by atoms with Crippen LogP contribution in [-0.4, -0.2) is 16.0 Å². The molecule has 0 radical (unpaired) electrons. The first-order valence-corrected chi connectivity index (χ1v) is 7.56. The van der Waals surface area contributed by atoms with Crippen molar-refractivity contribution in [1.29, 1.82) is 0 Å². The van der Waals surface area contributed by atoms with Gasteiger partial charge in [-0.25, -0.2) is 4.98 Å². The number of aromatic nitrogens is 1. The number of aliphatic hydroxyl groups is 1. The number of nitrogens with one attached hydrogen (secondary N) is 1. The summed E-state index contributed by atoms with van der Waals surface area (Å²) in [7, 11) is 0. The van der Waals surface area contributed by atoms with Crippen LogP contribution in [0.2, 0.25) is 0 Å². The van der Waals surface area contributed by atoms with E-state index >= 15 is 0 Å². The Bertz CT molecular complexity index is 807. The van der Waals surface area contributed by atoms with Gasteiger partial charge < -0.3 is 14.8 Å². The van der Waals surface area contributed by atoms with Gasteiger partial charge in [0.05, 0.1) is 17.2 Å². The zero-order valence-electron chi connectivity index (χ0n) is 11.9. The molecule has 1 amide bonds.